The van der Waals surface area contributed by atoms with Crippen LogP contribution in [0.25, 0.3) is 0 Å². The first-order valence-electron chi connectivity index (χ1n) is 5.84. The third-order valence-corrected chi connectivity index (χ3v) is 4.51. The molecule has 0 unspecified atom stereocenters. The molecule has 0 aliphatic rings. The second kappa shape index (κ2) is 6.29. The average Bonchev–Trinajstić information content (AvgIpc) is 2.82. The van der Waals surface area contributed by atoms with Crippen LogP contribution < -0.4 is 10.3 Å². The summed E-state index contributed by atoms with van der Waals surface area (Å²) in [4.78, 5) is 17.4. The van der Waals surface area contributed by atoms with Crippen LogP contribution >= 0.6 is 11.3 Å². The van der Waals surface area contributed by atoms with Crippen LogP contribution in [0.15, 0.2) is 34.5 Å². The maximum absolute atomic E-state index is 13.0. The normalized spacial score (nSPS) is 11.3. The molecule has 0 aliphatic heterocycles. The molecule has 0 fully saturated rings. The molecule has 1 amide bonds. The van der Waals surface area contributed by atoms with Crippen molar-refractivity contribution >= 4 is 27.3 Å². The van der Waals surface area contributed by atoms with Gasteiger partial charge in [-0.1, -0.05) is 6.07 Å². The van der Waals surface area contributed by atoms with Gasteiger partial charge >= 0.3 is 0 Å². The zero-order valence-electron chi connectivity index (χ0n) is 11.0. The standard InChI is InChI=1S/C12H12FN3O3S2/c1-8-14-10(7-20-8)6-12(17)15-16-21(18,19)11-4-2-3-9(13)5-11/h2-5,7,16H,6H2,1H3,(H,15,17). The van der Waals surface area contributed by atoms with E-state index in [4.69, 9.17) is 0 Å². The van der Waals surface area contributed by atoms with Crippen LogP contribution in [0.1, 0.15) is 10.7 Å². The lowest BCUT2D eigenvalue weighted by Crippen LogP contribution is -2.42. The Hall–Kier alpha value is -1.84. The van der Waals surface area contributed by atoms with E-state index >= 15 is 0 Å². The van der Waals surface area contributed by atoms with Crippen molar-refractivity contribution in [2.24, 2.45) is 0 Å². The number of aryl methyl sites for hydroxylation is 1. The minimum Gasteiger partial charge on any atom is -0.277 e. The number of thiazole rings is 1. The highest BCUT2D eigenvalue weighted by molar-refractivity contribution is 7.89. The number of halogens is 1. The molecular formula is C12H12FN3O3S2. The largest absolute Gasteiger partial charge is 0.277 e. The van der Waals surface area contributed by atoms with Gasteiger partial charge in [0.15, 0.2) is 0 Å². The maximum atomic E-state index is 13.0. The second-order valence-corrected chi connectivity index (χ2v) is 6.89. The van der Waals surface area contributed by atoms with Crippen LogP contribution in [0.2, 0.25) is 0 Å². The van der Waals surface area contributed by atoms with Gasteiger partial charge in [-0.05, 0) is 25.1 Å². The number of carbonyl (C=O) groups excluding carboxylic acids is 1. The Balaban J connectivity index is 1.97. The van der Waals surface area contributed by atoms with Crippen molar-refractivity contribution < 1.29 is 17.6 Å². The van der Waals surface area contributed by atoms with Crippen molar-refractivity contribution in [1.82, 2.24) is 15.2 Å². The van der Waals surface area contributed by atoms with Gasteiger partial charge < -0.3 is 0 Å². The Kier molecular flexibility index (Phi) is 4.66. The summed E-state index contributed by atoms with van der Waals surface area (Å²) < 4.78 is 36.7. The fraction of sp³-hybridized carbons (Fsp3) is 0.167. The molecular weight excluding hydrogens is 317 g/mol. The summed E-state index contributed by atoms with van der Waals surface area (Å²) in [5.74, 6) is -1.23. The van der Waals surface area contributed by atoms with Crippen LogP contribution in [0.5, 0.6) is 0 Å². The Morgan fingerprint density at radius 1 is 1.43 bits per heavy atom. The van der Waals surface area contributed by atoms with E-state index in [1.165, 1.54) is 23.5 Å². The Morgan fingerprint density at radius 2 is 2.19 bits per heavy atom. The van der Waals surface area contributed by atoms with Crippen molar-refractivity contribution in [3.8, 4) is 0 Å². The van der Waals surface area contributed by atoms with E-state index in [9.17, 15) is 17.6 Å². The fourth-order valence-corrected chi connectivity index (χ4v) is 3.02. The highest BCUT2D eigenvalue weighted by Gasteiger charge is 2.16. The minimum absolute atomic E-state index is 0.0456. The SMILES string of the molecule is Cc1nc(CC(=O)NNS(=O)(=O)c2cccc(F)c2)cs1. The van der Waals surface area contributed by atoms with Gasteiger partial charge in [0, 0.05) is 5.38 Å². The predicted molar refractivity (Wildman–Crippen MR) is 75.4 cm³/mol. The summed E-state index contributed by atoms with van der Waals surface area (Å²) in [6, 6.07) is 4.48. The molecule has 112 valence electrons. The Bertz CT molecular complexity index is 759. The van der Waals surface area contributed by atoms with E-state index in [0.717, 1.165) is 17.1 Å². The number of hydrogen-bond acceptors (Lipinski definition) is 5. The number of rotatable bonds is 5. The van der Waals surface area contributed by atoms with Crippen LogP contribution in [0.4, 0.5) is 4.39 Å². The maximum Gasteiger partial charge on any atom is 0.257 e. The predicted octanol–water partition coefficient (Wildman–Crippen LogP) is 1.14. The van der Waals surface area contributed by atoms with Gasteiger partial charge in [0.05, 0.1) is 22.0 Å². The monoisotopic (exact) mass is 329 g/mol. The highest BCUT2D eigenvalue weighted by Crippen LogP contribution is 2.10. The quantitative estimate of drug-likeness (QED) is 0.805. The first-order valence-corrected chi connectivity index (χ1v) is 8.20. The second-order valence-electron chi connectivity index (χ2n) is 4.15. The average molecular weight is 329 g/mol. The molecule has 0 spiro atoms. The summed E-state index contributed by atoms with van der Waals surface area (Å²) in [5, 5.41) is 2.54. The molecule has 2 N–H and O–H groups in total. The molecule has 0 saturated heterocycles. The van der Waals surface area contributed by atoms with Gasteiger partial charge in [0.2, 0.25) is 5.91 Å². The molecule has 9 heteroatoms. The molecule has 2 aromatic rings. The van der Waals surface area contributed by atoms with Gasteiger partial charge in [-0.15, -0.1) is 16.2 Å². The number of aromatic nitrogens is 1. The lowest BCUT2D eigenvalue weighted by atomic mass is 10.3. The molecule has 0 radical (unpaired) electrons. The molecule has 1 aromatic heterocycles. The number of amides is 1. The first kappa shape index (κ1) is 15.5. The topological polar surface area (TPSA) is 88.2 Å². The summed E-state index contributed by atoms with van der Waals surface area (Å²) in [5.41, 5.74) is 2.62. The van der Waals surface area contributed by atoms with E-state index < -0.39 is 21.7 Å². The Morgan fingerprint density at radius 3 is 2.81 bits per heavy atom. The van der Waals surface area contributed by atoms with Crippen molar-refractivity contribution in [2.75, 3.05) is 0 Å². The summed E-state index contributed by atoms with van der Waals surface area (Å²) in [6.45, 7) is 1.80. The van der Waals surface area contributed by atoms with E-state index in [1.54, 1.807) is 12.3 Å². The van der Waals surface area contributed by atoms with Gasteiger partial charge in [0.25, 0.3) is 10.0 Å². The molecule has 6 nitrogen and oxygen atoms in total. The van der Waals surface area contributed by atoms with Crippen molar-refractivity contribution in [2.45, 2.75) is 18.2 Å². The van der Waals surface area contributed by atoms with E-state index in [-0.39, 0.29) is 11.3 Å². The number of nitrogens with one attached hydrogen (secondary N) is 2. The fourth-order valence-electron chi connectivity index (χ4n) is 1.52. The lowest BCUT2D eigenvalue weighted by molar-refractivity contribution is -0.120. The van der Waals surface area contributed by atoms with Crippen LogP contribution in [0.3, 0.4) is 0 Å². The molecule has 0 atom stereocenters. The van der Waals surface area contributed by atoms with Crippen molar-refractivity contribution in [3.05, 3.63) is 46.2 Å². The van der Waals surface area contributed by atoms with Crippen LogP contribution in [0, 0.1) is 12.7 Å². The number of carbonyl (C=O) groups is 1. The smallest absolute Gasteiger partial charge is 0.257 e. The molecule has 0 bridgehead atoms. The molecule has 1 aromatic carbocycles. The van der Waals surface area contributed by atoms with Gasteiger partial charge in [-0.25, -0.2) is 17.8 Å². The molecule has 0 saturated carbocycles. The van der Waals surface area contributed by atoms with Gasteiger partial charge in [-0.2, -0.15) is 0 Å². The summed E-state index contributed by atoms with van der Waals surface area (Å²) >= 11 is 1.40. The van der Waals surface area contributed by atoms with Crippen molar-refractivity contribution in [3.63, 3.8) is 0 Å². The van der Waals surface area contributed by atoms with E-state index in [1.807, 2.05) is 4.83 Å². The lowest BCUT2D eigenvalue weighted by Gasteiger charge is -2.07. The molecule has 21 heavy (non-hydrogen) atoms. The van der Waals surface area contributed by atoms with E-state index in [0.29, 0.717) is 5.69 Å². The summed E-state index contributed by atoms with van der Waals surface area (Å²) in [7, 11) is -4.00. The molecule has 2 rings (SSSR count). The number of benzene rings is 1. The Labute approximate surface area is 125 Å². The zero-order valence-corrected chi connectivity index (χ0v) is 12.6. The first-order chi connectivity index (χ1) is 9.87. The van der Waals surface area contributed by atoms with E-state index in [2.05, 4.69) is 10.4 Å². The molecule has 0 aliphatic carbocycles. The van der Waals surface area contributed by atoms with Gasteiger partial charge in [-0.3, -0.25) is 10.2 Å². The third-order valence-electron chi connectivity index (χ3n) is 2.44. The van der Waals surface area contributed by atoms with Crippen molar-refractivity contribution in [1.29, 1.82) is 0 Å². The summed E-state index contributed by atoms with van der Waals surface area (Å²) in [6.07, 6.45) is -0.0456. The van der Waals surface area contributed by atoms with Crippen LogP contribution in [-0.2, 0) is 21.2 Å². The van der Waals surface area contributed by atoms with Crippen LogP contribution in [-0.4, -0.2) is 19.3 Å². The third kappa shape index (κ3) is 4.31. The van der Waals surface area contributed by atoms with Gasteiger partial charge in [0.1, 0.15) is 5.82 Å². The highest BCUT2D eigenvalue weighted by atomic mass is 32.2. The zero-order chi connectivity index (χ0) is 15.5. The molecule has 1 heterocycles. The number of hydrazine groups is 1. The number of nitrogens with zero attached hydrogens (tertiary/aromatic N) is 1. The number of sulfonamides is 1. The number of hydrogen-bond donors (Lipinski definition) is 2. The minimum atomic E-state index is -4.00.